The standard InChI is InChI=1S/C8H18N2O/c1-7(2)5-6-8(11)9-10(3)4/h7H,5-6H2,1-4H3,(H,9,11). The van der Waals surface area contributed by atoms with E-state index >= 15 is 0 Å². The number of hydrogen-bond donors (Lipinski definition) is 1. The van der Waals surface area contributed by atoms with Crippen LogP contribution >= 0.6 is 0 Å². The van der Waals surface area contributed by atoms with Crippen LogP contribution in [-0.4, -0.2) is 25.0 Å². The molecule has 0 aromatic carbocycles. The van der Waals surface area contributed by atoms with Gasteiger partial charge in [0.15, 0.2) is 0 Å². The lowest BCUT2D eigenvalue weighted by molar-refractivity contribution is -0.125. The van der Waals surface area contributed by atoms with Gasteiger partial charge in [-0.3, -0.25) is 10.2 Å². The van der Waals surface area contributed by atoms with E-state index < -0.39 is 0 Å². The van der Waals surface area contributed by atoms with E-state index in [1.165, 1.54) is 0 Å². The number of carbonyl (C=O) groups excluding carboxylic acids is 1. The molecule has 0 saturated carbocycles. The van der Waals surface area contributed by atoms with E-state index in [4.69, 9.17) is 0 Å². The molecule has 1 N–H and O–H groups in total. The highest BCUT2D eigenvalue weighted by molar-refractivity contribution is 5.75. The third-order valence-corrected chi connectivity index (χ3v) is 1.30. The van der Waals surface area contributed by atoms with E-state index in [0.29, 0.717) is 12.3 Å². The first kappa shape index (κ1) is 10.4. The van der Waals surface area contributed by atoms with Crippen LogP contribution in [0.3, 0.4) is 0 Å². The average Bonchev–Trinajstić information content (AvgIpc) is 1.82. The van der Waals surface area contributed by atoms with E-state index in [9.17, 15) is 4.79 Å². The van der Waals surface area contributed by atoms with Gasteiger partial charge < -0.3 is 0 Å². The van der Waals surface area contributed by atoms with Crippen LogP contribution in [0.25, 0.3) is 0 Å². The van der Waals surface area contributed by atoms with Crippen LogP contribution in [0.1, 0.15) is 26.7 Å². The van der Waals surface area contributed by atoms with Crippen molar-refractivity contribution in [1.29, 1.82) is 0 Å². The van der Waals surface area contributed by atoms with Crippen LogP contribution in [0.2, 0.25) is 0 Å². The number of hydrazine groups is 1. The summed E-state index contributed by atoms with van der Waals surface area (Å²) in [5.74, 6) is 0.701. The predicted octanol–water partition coefficient (Wildman–Crippen LogP) is 1.02. The maximum absolute atomic E-state index is 11.0. The number of nitrogens with zero attached hydrogens (tertiary/aromatic N) is 1. The van der Waals surface area contributed by atoms with Gasteiger partial charge in [0.2, 0.25) is 5.91 Å². The molecule has 0 aliphatic heterocycles. The molecule has 1 amide bonds. The van der Waals surface area contributed by atoms with Gasteiger partial charge in [0.25, 0.3) is 0 Å². The zero-order chi connectivity index (χ0) is 8.85. The molecule has 0 unspecified atom stereocenters. The van der Waals surface area contributed by atoms with Crippen LogP contribution in [0, 0.1) is 5.92 Å². The Bertz CT molecular complexity index is 121. The number of carbonyl (C=O) groups is 1. The first-order valence-corrected chi connectivity index (χ1v) is 3.99. The summed E-state index contributed by atoms with van der Waals surface area (Å²) in [6, 6.07) is 0. The summed E-state index contributed by atoms with van der Waals surface area (Å²) in [5, 5.41) is 1.67. The van der Waals surface area contributed by atoms with Crippen molar-refractivity contribution >= 4 is 5.91 Å². The molecule has 66 valence electrons. The molecule has 0 rings (SSSR count). The second-order valence-electron chi connectivity index (χ2n) is 3.36. The molecular weight excluding hydrogens is 140 g/mol. The molecule has 0 heterocycles. The Labute approximate surface area is 68.7 Å². The average molecular weight is 158 g/mol. The minimum atomic E-state index is 0.101. The van der Waals surface area contributed by atoms with Gasteiger partial charge in [0.1, 0.15) is 0 Å². The van der Waals surface area contributed by atoms with E-state index in [1.807, 2.05) is 14.1 Å². The molecular formula is C8H18N2O. The Morgan fingerprint density at radius 1 is 1.45 bits per heavy atom. The summed E-state index contributed by atoms with van der Waals surface area (Å²) in [5.41, 5.74) is 2.69. The summed E-state index contributed by atoms with van der Waals surface area (Å²) < 4.78 is 0. The van der Waals surface area contributed by atoms with Gasteiger partial charge in [-0.1, -0.05) is 13.8 Å². The molecule has 3 nitrogen and oxygen atoms in total. The van der Waals surface area contributed by atoms with Gasteiger partial charge in [-0.05, 0) is 12.3 Å². The number of amides is 1. The monoisotopic (exact) mass is 158 g/mol. The quantitative estimate of drug-likeness (QED) is 0.619. The highest BCUT2D eigenvalue weighted by Crippen LogP contribution is 2.02. The van der Waals surface area contributed by atoms with Gasteiger partial charge in [-0.25, -0.2) is 5.01 Å². The molecule has 0 spiro atoms. The minimum absolute atomic E-state index is 0.101. The fraction of sp³-hybridized carbons (Fsp3) is 0.875. The zero-order valence-electron chi connectivity index (χ0n) is 7.85. The Morgan fingerprint density at radius 3 is 2.36 bits per heavy atom. The Morgan fingerprint density at radius 2 is 2.00 bits per heavy atom. The predicted molar refractivity (Wildman–Crippen MR) is 45.9 cm³/mol. The van der Waals surface area contributed by atoms with E-state index in [1.54, 1.807) is 5.01 Å². The van der Waals surface area contributed by atoms with Crippen molar-refractivity contribution in [2.75, 3.05) is 14.1 Å². The van der Waals surface area contributed by atoms with Gasteiger partial charge in [0, 0.05) is 20.5 Å². The fourth-order valence-electron chi connectivity index (χ4n) is 0.725. The molecule has 0 aromatic heterocycles. The molecule has 0 bridgehead atoms. The molecule has 0 fully saturated rings. The van der Waals surface area contributed by atoms with Crippen molar-refractivity contribution in [2.24, 2.45) is 5.92 Å². The maximum atomic E-state index is 11.0. The number of rotatable bonds is 4. The van der Waals surface area contributed by atoms with Crippen molar-refractivity contribution in [3.05, 3.63) is 0 Å². The zero-order valence-corrected chi connectivity index (χ0v) is 7.85. The number of nitrogens with one attached hydrogen (secondary N) is 1. The second kappa shape index (κ2) is 5.13. The lowest BCUT2D eigenvalue weighted by Gasteiger charge is -2.12. The summed E-state index contributed by atoms with van der Waals surface area (Å²) in [6.07, 6.45) is 1.58. The maximum Gasteiger partial charge on any atom is 0.234 e. The fourth-order valence-corrected chi connectivity index (χ4v) is 0.725. The van der Waals surface area contributed by atoms with Crippen molar-refractivity contribution in [3.8, 4) is 0 Å². The smallest absolute Gasteiger partial charge is 0.234 e. The van der Waals surface area contributed by atoms with E-state index in [2.05, 4.69) is 19.3 Å². The molecule has 0 aliphatic carbocycles. The van der Waals surface area contributed by atoms with E-state index in [0.717, 1.165) is 6.42 Å². The Kier molecular flexibility index (Phi) is 4.86. The van der Waals surface area contributed by atoms with Gasteiger partial charge in [0.05, 0.1) is 0 Å². The third kappa shape index (κ3) is 7.33. The first-order valence-electron chi connectivity index (χ1n) is 3.99. The van der Waals surface area contributed by atoms with Gasteiger partial charge in [-0.15, -0.1) is 0 Å². The molecule has 0 atom stereocenters. The summed E-state index contributed by atoms with van der Waals surface area (Å²) in [6.45, 7) is 4.23. The Balaban J connectivity index is 3.38. The highest BCUT2D eigenvalue weighted by Gasteiger charge is 2.02. The molecule has 0 saturated heterocycles. The van der Waals surface area contributed by atoms with Crippen molar-refractivity contribution in [1.82, 2.24) is 10.4 Å². The van der Waals surface area contributed by atoms with E-state index in [-0.39, 0.29) is 5.91 Å². The molecule has 0 radical (unpaired) electrons. The van der Waals surface area contributed by atoms with Gasteiger partial charge >= 0.3 is 0 Å². The van der Waals surface area contributed by atoms with Crippen LogP contribution in [0.4, 0.5) is 0 Å². The number of hydrogen-bond acceptors (Lipinski definition) is 2. The van der Waals surface area contributed by atoms with Crippen molar-refractivity contribution in [3.63, 3.8) is 0 Å². The molecule has 0 aliphatic rings. The molecule has 3 heteroatoms. The topological polar surface area (TPSA) is 32.3 Å². The minimum Gasteiger partial charge on any atom is -0.289 e. The van der Waals surface area contributed by atoms with Crippen LogP contribution in [-0.2, 0) is 4.79 Å². The van der Waals surface area contributed by atoms with Gasteiger partial charge in [-0.2, -0.15) is 0 Å². The van der Waals surface area contributed by atoms with Crippen molar-refractivity contribution < 1.29 is 4.79 Å². The molecule has 0 aromatic rings. The molecule has 11 heavy (non-hydrogen) atoms. The summed E-state index contributed by atoms with van der Waals surface area (Å²) in [4.78, 5) is 11.0. The third-order valence-electron chi connectivity index (χ3n) is 1.30. The second-order valence-corrected chi connectivity index (χ2v) is 3.36. The summed E-state index contributed by atoms with van der Waals surface area (Å²) >= 11 is 0. The normalized spacial score (nSPS) is 10.7. The lowest BCUT2D eigenvalue weighted by Crippen LogP contribution is -2.36. The van der Waals surface area contributed by atoms with Crippen molar-refractivity contribution in [2.45, 2.75) is 26.7 Å². The van der Waals surface area contributed by atoms with Crippen LogP contribution in [0.5, 0.6) is 0 Å². The lowest BCUT2D eigenvalue weighted by atomic mass is 10.1. The SMILES string of the molecule is CC(C)CCC(=O)NN(C)C. The first-order chi connectivity index (χ1) is 5.02. The van der Waals surface area contributed by atoms with Crippen LogP contribution in [0.15, 0.2) is 0 Å². The Hall–Kier alpha value is -0.570. The summed E-state index contributed by atoms with van der Waals surface area (Å²) in [7, 11) is 3.63. The van der Waals surface area contributed by atoms with Crippen LogP contribution < -0.4 is 5.43 Å². The largest absolute Gasteiger partial charge is 0.289 e. The highest BCUT2D eigenvalue weighted by atomic mass is 16.2.